The number of ether oxygens (including phenoxy) is 1. The lowest BCUT2D eigenvalue weighted by Gasteiger charge is -2.28. The predicted molar refractivity (Wildman–Crippen MR) is 167 cm³/mol. The van der Waals surface area contributed by atoms with Crippen LogP contribution in [0.25, 0.3) is 21.9 Å². The standard InChI is InChI=1S/C37H48O3/c1-4-7-28-10-12-29(13-11-28)8-5-6-9-30-16-19-36-24-35(21-20-34(36)23-30)33-17-14-31(15-18-33)22-32(25-38)26-40-37(39)27(2)3/h14-21,23-24,28-29,32,38H,2,4-13,22,25-26H2,1,3H3. The van der Waals surface area contributed by atoms with Crippen molar-refractivity contribution >= 4 is 16.7 Å². The fourth-order valence-corrected chi connectivity index (χ4v) is 6.27. The van der Waals surface area contributed by atoms with E-state index in [1.165, 1.54) is 91.7 Å². The van der Waals surface area contributed by atoms with Crippen molar-refractivity contribution in [3.63, 3.8) is 0 Å². The highest BCUT2D eigenvalue weighted by Gasteiger charge is 2.20. The Morgan fingerprint density at radius 3 is 2.17 bits per heavy atom. The van der Waals surface area contributed by atoms with Gasteiger partial charge in [0.15, 0.2) is 0 Å². The summed E-state index contributed by atoms with van der Waals surface area (Å²) in [6.07, 6.45) is 14.5. The van der Waals surface area contributed by atoms with Crippen molar-refractivity contribution in [2.45, 2.75) is 84.5 Å². The molecule has 3 heteroatoms. The highest BCUT2D eigenvalue weighted by molar-refractivity contribution is 5.88. The summed E-state index contributed by atoms with van der Waals surface area (Å²) in [5.41, 5.74) is 5.31. The molecule has 0 heterocycles. The zero-order valence-corrected chi connectivity index (χ0v) is 24.7. The predicted octanol–water partition coefficient (Wildman–Crippen LogP) is 9.10. The van der Waals surface area contributed by atoms with E-state index in [2.05, 4.69) is 74.2 Å². The number of unbranched alkanes of at least 4 members (excludes halogenated alkanes) is 1. The number of fused-ring (bicyclic) bond motifs is 1. The van der Waals surface area contributed by atoms with Crippen LogP contribution in [0.15, 0.2) is 72.8 Å². The summed E-state index contributed by atoms with van der Waals surface area (Å²) in [6, 6.07) is 22.1. The minimum atomic E-state index is -0.410. The first-order valence-corrected chi connectivity index (χ1v) is 15.5. The van der Waals surface area contributed by atoms with Crippen LogP contribution in [0.4, 0.5) is 0 Å². The maximum Gasteiger partial charge on any atom is 0.333 e. The van der Waals surface area contributed by atoms with Gasteiger partial charge < -0.3 is 9.84 Å². The van der Waals surface area contributed by atoms with Gasteiger partial charge in [0, 0.05) is 18.1 Å². The molecule has 1 saturated carbocycles. The van der Waals surface area contributed by atoms with E-state index < -0.39 is 5.97 Å². The number of aryl methyl sites for hydroxylation is 1. The molecule has 1 aliphatic rings. The van der Waals surface area contributed by atoms with Crippen LogP contribution in [0, 0.1) is 17.8 Å². The zero-order valence-electron chi connectivity index (χ0n) is 24.7. The Labute approximate surface area is 241 Å². The van der Waals surface area contributed by atoms with Gasteiger partial charge in [0.1, 0.15) is 0 Å². The monoisotopic (exact) mass is 540 g/mol. The molecule has 1 atom stereocenters. The Balaban J connectivity index is 1.26. The normalized spacial score (nSPS) is 18.0. The van der Waals surface area contributed by atoms with Gasteiger partial charge in [-0.3, -0.25) is 0 Å². The summed E-state index contributed by atoms with van der Waals surface area (Å²) < 4.78 is 5.23. The molecule has 40 heavy (non-hydrogen) atoms. The van der Waals surface area contributed by atoms with Crippen molar-refractivity contribution in [3.05, 3.63) is 83.9 Å². The fraction of sp³-hybridized carbons (Fsp3) is 0.486. The molecular formula is C37H48O3. The van der Waals surface area contributed by atoms with E-state index in [-0.39, 0.29) is 19.1 Å². The van der Waals surface area contributed by atoms with Crippen molar-refractivity contribution in [1.82, 2.24) is 0 Å². The number of hydrogen-bond acceptors (Lipinski definition) is 3. The molecule has 214 valence electrons. The SMILES string of the molecule is C=C(C)C(=O)OCC(CO)Cc1ccc(-c2ccc3cc(CCCCC4CCC(CCC)CC4)ccc3c2)cc1. The van der Waals surface area contributed by atoms with Crippen molar-refractivity contribution in [1.29, 1.82) is 0 Å². The molecule has 0 saturated heterocycles. The van der Waals surface area contributed by atoms with Gasteiger partial charge >= 0.3 is 5.97 Å². The first-order valence-electron chi connectivity index (χ1n) is 15.5. The lowest BCUT2D eigenvalue weighted by molar-refractivity contribution is -0.140. The first kappa shape index (κ1) is 30.1. The third-order valence-electron chi connectivity index (χ3n) is 8.76. The molecule has 3 nitrogen and oxygen atoms in total. The third-order valence-corrected chi connectivity index (χ3v) is 8.76. The van der Waals surface area contributed by atoms with Crippen LogP contribution < -0.4 is 0 Å². The lowest BCUT2D eigenvalue weighted by atomic mass is 9.78. The van der Waals surface area contributed by atoms with Gasteiger partial charge in [-0.25, -0.2) is 4.79 Å². The Kier molecular flexibility index (Phi) is 11.4. The van der Waals surface area contributed by atoms with Gasteiger partial charge in [-0.2, -0.15) is 0 Å². The maximum absolute atomic E-state index is 11.7. The zero-order chi connectivity index (χ0) is 28.3. The highest BCUT2D eigenvalue weighted by atomic mass is 16.5. The van der Waals surface area contributed by atoms with Crippen molar-refractivity contribution < 1.29 is 14.6 Å². The van der Waals surface area contributed by atoms with Crippen LogP contribution in [-0.4, -0.2) is 24.3 Å². The summed E-state index contributed by atoms with van der Waals surface area (Å²) in [4.78, 5) is 11.7. The molecule has 3 aromatic rings. The van der Waals surface area contributed by atoms with Crippen LogP contribution in [-0.2, 0) is 22.4 Å². The minimum absolute atomic E-state index is 0.0299. The lowest BCUT2D eigenvalue weighted by Crippen LogP contribution is -2.19. The topological polar surface area (TPSA) is 46.5 Å². The average molecular weight is 541 g/mol. The summed E-state index contributed by atoms with van der Waals surface area (Å²) in [7, 11) is 0. The molecule has 0 radical (unpaired) electrons. The van der Waals surface area contributed by atoms with E-state index in [0.717, 1.165) is 17.4 Å². The fourth-order valence-electron chi connectivity index (χ4n) is 6.27. The smallest absolute Gasteiger partial charge is 0.333 e. The van der Waals surface area contributed by atoms with Crippen LogP contribution in [0.5, 0.6) is 0 Å². The number of esters is 1. The van der Waals surface area contributed by atoms with E-state index in [4.69, 9.17) is 4.74 Å². The van der Waals surface area contributed by atoms with Crippen molar-refractivity contribution in [2.24, 2.45) is 17.8 Å². The average Bonchev–Trinajstić information content (AvgIpc) is 2.98. The summed E-state index contributed by atoms with van der Waals surface area (Å²) in [5, 5.41) is 12.3. The Hall–Kier alpha value is -2.91. The molecule has 1 unspecified atom stereocenters. The Morgan fingerprint density at radius 1 is 0.875 bits per heavy atom. The Bertz CT molecular complexity index is 1230. The van der Waals surface area contributed by atoms with Gasteiger partial charge in [-0.05, 0) is 77.1 Å². The molecule has 1 fully saturated rings. The Morgan fingerprint density at radius 2 is 1.50 bits per heavy atom. The highest BCUT2D eigenvalue weighted by Crippen LogP contribution is 2.34. The summed E-state index contributed by atoms with van der Waals surface area (Å²) in [6.45, 7) is 7.71. The second-order valence-electron chi connectivity index (χ2n) is 12.1. The molecule has 0 spiro atoms. The van der Waals surface area contributed by atoms with Crippen LogP contribution >= 0.6 is 0 Å². The quantitative estimate of drug-likeness (QED) is 0.126. The first-order chi connectivity index (χ1) is 19.4. The van der Waals surface area contributed by atoms with Gasteiger partial charge in [0.25, 0.3) is 0 Å². The number of carbonyl (C=O) groups is 1. The van der Waals surface area contributed by atoms with Crippen LogP contribution in [0.2, 0.25) is 0 Å². The van der Waals surface area contributed by atoms with E-state index in [0.29, 0.717) is 12.0 Å². The second kappa shape index (κ2) is 15.2. The number of carbonyl (C=O) groups excluding carboxylic acids is 1. The van der Waals surface area contributed by atoms with Gasteiger partial charge in [0.05, 0.1) is 6.61 Å². The molecule has 1 aliphatic carbocycles. The molecule has 3 aromatic carbocycles. The molecule has 0 aliphatic heterocycles. The number of aliphatic hydroxyl groups excluding tert-OH is 1. The molecule has 1 N–H and O–H groups in total. The number of hydrogen-bond donors (Lipinski definition) is 1. The van der Waals surface area contributed by atoms with Crippen molar-refractivity contribution in [2.75, 3.05) is 13.2 Å². The molecule has 0 amide bonds. The largest absolute Gasteiger partial charge is 0.462 e. The van der Waals surface area contributed by atoms with E-state index in [1.807, 2.05) is 0 Å². The third kappa shape index (κ3) is 8.80. The number of aliphatic hydroxyl groups is 1. The van der Waals surface area contributed by atoms with Crippen LogP contribution in [0.1, 0.15) is 82.8 Å². The molecule has 0 bridgehead atoms. The van der Waals surface area contributed by atoms with Gasteiger partial charge in [-0.1, -0.05) is 119 Å². The number of benzene rings is 3. The maximum atomic E-state index is 11.7. The van der Waals surface area contributed by atoms with Crippen LogP contribution in [0.3, 0.4) is 0 Å². The molecule has 0 aromatic heterocycles. The van der Waals surface area contributed by atoms with E-state index in [1.54, 1.807) is 6.92 Å². The van der Waals surface area contributed by atoms with Crippen molar-refractivity contribution in [3.8, 4) is 11.1 Å². The van der Waals surface area contributed by atoms with E-state index >= 15 is 0 Å². The summed E-state index contributed by atoms with van der Waals surface area (Å²) in [5.74, 6) is 1.44. The minimum Gasteiger partial charge on any atom is -0.462 e. The van der Waals surface area contributed by atoms with Gasteiger partial charge in [0.2, 0.25) is 0 Å². The second-order valence-corrected chi connectivity index (χ2v) is 12.1. The molecule has 4 rings (SSSR count). The summed E-state index contributed by atoms with van der Waals surface area (Å²) >= 11 is 0. The van der Waals surface area contributed by atoms with E-state index in [9.17, 15) is 9.90 Å². The van der Waals surface area contributed by atoms with Gasteiger partial charge in [-0.15, -0.1) is 0 Å². The number of rotatable bonds is 14. The molecular weight excluding hydrogens is 492 g/mol.